The van der Waals surface area contributed by atoms with Crippen molar-refractivity contribution in [1.82, 2.24) is 52.8 Å². The van der Waals surface area contributed by atoms with E-state index in [9.17, 15) is 81.5 Å². The van der Waals surface area contributed by atoms with E-state index in [2.05, 4.69) is 47.9 Å². The van der Waals surface area contributed by atoms with Gasteiger partial charge in [-0.3, -0.25) is 86.9 Å². The molecule has 17 unspecified atom stereocenters. The van der Waals surface area contributed by atoms with Crippen molar-refractivity contribution in [3.05, 3.63) is 0 Å². The third-order valence-corrected chi connectivity index (χ3v) is 18.6. The number of aldehydes is 1. The number of esters is 8. The zero-order valence-corrected chi connectivity index (χ0v) is 71.2. The minimum absolute atomic E-state index is 0.0414. The van der Waals surface area contributed by atoms with Crippen LogP contribution in [0.3, 0.4) is 0 Å². The van der Waals surface area contributed by atoms with Crippen LogP contribution >= 0.6 is 0 Å². The lowest BCUT2D eigenvalue weighted by atomic mass is 9.94. The molecule has 3 aliphatic rings. The van der Waals surface area contributed by atoms with Crippen molar-refractivity contribution in [2.45, 2.75) is 309 Å². The van der Waals surface area contributed by atoms with Crippen LogP contribution in [0.2, 0.25) is 0 Å². The molecule has 42 nitrogen and oxygen atoms in total. The summed E-state index contributed by atoms with van der Waals surface area (Å²) in [6.45, 7) is 14.8. The summed E-state index contributed by atoms with van der Waals surface area (Å²) >= 11 is 0. The Bertz CT molecular complexity index is 3280. The second-order valence-electron chi connectivity index (χ2n) is 29.1. The monoisotopic (exact) mass is 1720 g/mol. The lowest BCUT2D eigenvalue weighted by Gasteiger charge is -2.45. The Kier molecular flexibility index (Phi) is 51.4. The van der Waals surface area contributed by atoms with Gasteiger partial charge in [0, 0.05) is 148 Å². The van der Waals surface area contributed by atoms with E-state index < -0.39 is 201 Å². The van der Waals surface area contributed by atoms with Crippen molar-refractivity contribution >= 4 is 101 Å². The van der Waals surface area contributed by atoms with Gasteiger partial charge in [-0.05, 0) is 90.1 Å². The first kappa shape index (κ1) is 105. The first-order valence-electron chi connectivity index (χ1n) is 41.0. The van der Waals surface area contributed by atoms with Crippen LogP contribution in [0.25, 0.3) is 0 Å². The summed E-state index contributed by atoms with van der Waals surface area (Å²) in [7, 11) is 0. The molecular formula is C78H129N11O31. The number of amides is 8. The summed E-state index contributed by atoms with van der Waals surface area (Å²) in [4.78, 5) is 215. The summed E-state index contributed by atoms with van der Waals surface area (Å²) in [6.07, 6.45) is -7.62. The number of carbonyl (C=O) groups is 17. The molecule has 120 heavy (non-hydrogen) atoms. The third-order valence-electron chi connectivity index (χ3n) is 18.6. The van der Waals surface area contributed by atoms with Crippen LogP contribution in [0.15, 0.2) is 0 Å². The molecule has 8 amide bonds. The van der Waals surface area contributed by atoms with E-state index in [1.165, 1.54) is 39.5 Å². The SMILES string of the molecule is CCC1OC(OCCCCCC(=O)NCCCNC(=O)C(CCCCN)N(CC(=O)NCCCNC(=O)CCCCCOC2OC(COC(C)=O)C(OC(C)=O)C(OC(C)=O)C2NC(C)=O)C(C=O)NCCCNC(=O)CCCCCOC2OC(COC(C)=O)C(OC(C)=O)C(OC(C)=O)C2NC(C)=O)C(NC(C)=O)C(OC(C)=O)C1OC(C)=O. The number of hydrogen-bond donors (Lipinski definition) is 10. The Morgan fingerprint density at radius 3 is 1.02 bits per heavy atom. The van der Waals surface area contributed by atoms with Gasteiger partial charge >= 0.3 is 47.8 Å². The van der Waals surface area contributed by atoms with Gasteiger partial charge in [0.1, 0.15) is 55.8 Å². The average molecular weight is 1720 g/mol. The minimum Gasteiger partial charge on any atom is -0.463 e. The highest BCUT2D eigenvalue weighted by atomic mass is 16.7. The Balaban J connectivity index is 1.63. The van der Waals surface area contributed by atoms with Crippen LogP contribution in [0.4, 0.5) is 0 Å². The molecule has 11 N–H and O–H groups in total. The normalized spacial score (nSPS) is 23.0. The maximum Gasteiger partial charge on any atom is 0.303 e. The van der Waals surface area contributed by atoms with Gasteiger partial charge in [-0.15, -0.1) is 0 Å². The molecule has 0 aromatic carbocycles. The van der Waals surface area contributed by atoms with Crippen LogP contribution in [0, 0.1) is 0 Å². The Labute approximate surface area is 699 Å². The molecule has 0 aromatic rings. The maximum absolute atomic E-state index is 14.4. The number of nitrogens with zero attached hydrogens (tertiary/aromatic N) is 1. The van der Waals surface area contributed by atoms with Crippen molar-refractivity contribution in [3.8, 4) is 0 Å². The quantitative estimate of drug-likeness (QED) is 0.0117. The van der Waals surface area contributed by atoms with Crippen molar-refractivity contribution in [3.63, 3.8) is 0 Å². The van der Waals surface area contributed by atoms with Gasteiger partial charge in [-0.1, -0.05) is 32.6 Å². The van der Waals surface area contributed by atoms with Crippen molar-refractivity contribution in [2.24, 2.45) is 5.73 Å². The van der Waals surface area contributed by atoms with E-state index in [0.29, 0.717) is 96.2 Å². The van der Waals surface area contributed by atoms with Gasteiger partial charge in [0.05, 0.1) is 12.6 Å². The summed E-state index contributed by atoms with van der Waals surface area (Å²) in [6, 6.07) is -4.37. The van der Waals surface area contributed by atoms with E-state index >= 15 is 0 Å². The van der Waals surface area contributed by atoms with Gasteiger partial charge in [0.2, 0.25) is 47.3 Å². The standard InChI is InChI=1S/C78H129N11O31/c1-13-58-69(112-51(7)96)72(115-54(10)99)66(86-46(2)91)76(118-58)107-39-22-14-17-31-64(104)83-36-27-38-85-75(106)57(28-20-21-32-79)89(42-65(105)84-37-26-35-82-63(103)30-19-16-24-41-109-78-68(88-48(4)93)74(117-56(12)101)71(114-53(9)98)60(120-78)45-111-50(6)95)61(43-90)80-33-25-34-81-62(102)29-18-15-23-40-108-77-67(87-47(3)92)73(116-55(11)100)70(113-52(8)97)59(119-77)44-110-49(5)94/h43,57-61,66-74,76-78,80H,13-42,44-45,79H2,1-12H3,(H,81,102)(H,82,103)(H,83,104)(H,84,105)(H,85,106)(H,86,91)(H,87,92)(H,88,93). The smallest absolute Gasteiger partial charge is 0.303 e. The van der Waals surface area contributed by atoms with Crippen LogP contribution in [-0.2, 0) is 148 Å². The summed E-state index contributed by atoms with van der Waals surface area (Å²) < 4.78 is 79.5. The fourth-order valence-electron chi connectivity index (χ4n) is 13.4. The second-order valence-corrected chi connectivity index (χ2v) is 29.1. The van der Waals surface area contributed by atoms with Gasteiger partial charge < -0.3 is 119 Å². The Morgan fingerprint density at radius 2 is 0.700 bits per heavy atom. The zero-order chi connectivity index (χ0) is 89.2. The molecular weight excluding hydrogens is 1590 g/mol. The average Bonchev–Trinajstić information content (AvgIpc) is 0.803. The molecule has 0 spiro atoms. The predicted molar refractivity (Wildman–Crippen MR) is 419 cm³/mol. The highest BCUT2D eigenvalue weighted by Gasteiger charge is 2.54. The van der Waals surface area contributed by atoms with Gasteiger partial charge in [0.25, 0.3) is 0 Å². The number of nitrogens with two attached hydrogens (primary N) is 1. The number of carbonyl (C=O) groups excluding carboxylic acids is 17. The molecule has 3 saturated heterocycles. The molecule has 682 valence electrons. The fraction of sp³-hybridized carbons (Fsp3) is 0.782. The van der Waals surface area contributed by atoms with E-state index in [1.54, 1.807) is 6.92 Å². The van der Waals surface area contributed by atoms with E-state index in [0.717, 1.165) is 41.5 Å². The molecule has 0 aliphatic carbocycles. The van der Waals surface area contributed by atoms with Gasteiger partial charge in [-0.2, -0.15) is 0 Å². The molecule has 3 heterocycles. The number of rotatable bonds is 58. The van der Waals surface area contributed by atoms with E-state index in [1.807, 2.05) is 0 Å². The molecule has 0 saturated carbocycles. The zero-order valence-electron chi connectivity index (χ0n) is 71.2. The van der Waals surface area contributed by atoms with Crippen molar-refractivity contribution in [2.75, 3.05) is 85.4 Å². The molecule has 0 bridgehead atoms. The summed E-state index contributed by atoms with van der Waals surface area (Å²) in [5.74, 6) is -9.07. The third kappa shape index (κ3) is 42.4. The lowest BCUT2D eigenvalue weighted by Crippen LogP contribution is -2.66. The van der Waals surface area contributed by atoms with Gasteiger partial charge in [0.15, 0.2) is 61.8 Å². The van der Waals surface area contributed by atoms with Crippen LogP contribution in [0.5, 0.6) is 0 Å². The lowest BCUT2D eigenvalue weighted by molar-refractivity contribution is -0.277. The highest BCUT2D eigenvalue weighted by Crippen LogP contribution is 2.32. The molecule has 0 aromatic heterocycles. The van der Waals surface area contributed by atoms with Crippen LogP contribution < -0.4 is 53.6 Å². The summed E-state index contributed by atoms with van der Waals surface area (Å²) in [5.41, 5.74) is 5.90. The van der Waals surface area contributed by atoms with Crippen LogP contribution in [0.1, 0.15) is 205 Å². The largest absolute Gasteiger partial charge is 0.463 e. The van der Waals surface area contributed by atoms with Crippen molar-refractivity contribution in [1.29, 1.82) is 0 Å². The minimum atomic E-state index is -1.30. The van der Waals surface area contributed by atoms with E-state index in [-0.39, 0.29) is 115 Å². The van der Waals surface area contributed by atoms with Crippen LogP contribution in [-0.4, -0.2) is 296 Å². The van der Waals surface area contributed by atoms with E-state index in [4.69, 9.17) is 72.0 Å². The molecule has 0 radical (unpaired) electrons. The fourth-order valence-corrected chi connectivity index (χ4v) is 13.4. The van der Waals surface area contributed by atoms with Gasteiger partial charge in [-0.25, -0.2) is 0 Å². The first-order chi connectivity index (χ1) is 57.1. The number of hydrogen-bond acceptors (Lipinski definition) is 34. The topological polar surface area (TPSA) is 557 Å². The molecule has 3 fully saturated rings. The highest BCUT2D eigenvalue weighted by molar-refractivity contribution is 5.85. The Hall–Kier alpha value is -9.17. The number of unbranched alkanes of at least 4 members (excludes halogenated alkanes) is 7. The number of nitrogens with one attached hydrogen (secondary N) is 9. The molecule has 42 heteroatoms. The first-order valence-corrected chi connectivity index (χ1v) is 41.0. The van der Waals surface area contributed by atoms with Crippen molar-refractivity contribution < 1.29 is 148 Å². The molecule has 3 rings (SSSR count). The second kappa shape index (κ2) is 58.7. The molecule has 17 atom stereocenters. The maximum atomic E-state index is 14.4. The number of ether oxygens (including phenoxy) is 14. The Morgan fingerprint density at radius 1 is 0.375 bits per heavy atom. The summed E-state index contributed by atoms with van der Waals surface area (Å²) in [5, 5.41) is 25.3. The molecule has 3 aliphatic heterocycles. The predicted octanol–water partition coefficient (Wildman–Crippen LogP) is -0.802.